The molecule has 29 heavy (non-hydrogen) atoms. The van der Waals surface area contributed by atoms with Gasteiger partial charge in [-0.25, -0.2) is 4.79 Å². The molecule has 3 aromatic carbocycles. The summed E-state index contributed by atoms with van der Waals surface area (Å²) in [6.07, 6.45) is 1.12. The number of amides is 1. The van der Waals surface area contributed by atoms with E-state index < -0.39 is 11.2 Å². The van der Waals surface area contributed by atoms with Gasteiger partial charge in [0.15, 0.2) is 0 Å². The van der Waals surface area contributed by atoms with Crippen LogP contribution in [0.1, 0.15) is 12.5 Å². The van der Waals surface area contributed by atoms with Crippen LogP contribution < -0.4 is 16.6 Å². The second-order valence-corrected chi connectivity index (χ2v) is 6.63. The number of hydrogen-bond donors (Lipinski definition) is 1. The van der Waals surface area contributed by atoms with Gasteiger partial charge in [0, 0.05) is 12.6 Å². The predicted octanol–water partition coefficient (Wildman–Crippen LogP) is 2.55. The van der Waals surface area contributed by atoms with Gasteiger partial charge in [0.1, 0.15) is 6.20 Å². The summed E-state index contributed by atoms with van der Waals surface area (Å²) in [4.78, 5) is 36.7. The minimum absolute atomic E-state index is 0.132. The van der Waals surface area contributed by atoms with Crippen molar-refractivity contribution in [2.45, 2.75) is 13.5 Å². The van der Waals surface area contributed by atoms with Gasteiger partial charge >= 0.3 is 5.69 Å². The summed E-state index contributed by atoms with van der Waals surface area (Å²) in [5.74, 6) is -0.219. The molecule has 144 valence electrons. The molecule has 0 bridgehead atoms. The van der Waals surface area contributed by atoms with E-state index in [1.54, 1.807) is 24.3 Å². The van der Waals surface area contributed by atoms with Crippen LogP contribution in [0.4, 0.5) is 5.69 Å². The molecule has 1 amide bonds. The summed E-state index contributed by atoms with van der Waals surface area (Å²) in [5, 5.41) is 8.68. The molecule has 0 saturated heterocycles. The smallest absolute Gasteiger partial charge is 0.326 e. The number of carbonyl (C=O) groups is 1. The van der Waals surface area contributed by atoms with Gasteiger partial charge in [-0.05, 0) is 34.5 Å². The average Bonchev–Trinajstić information content (AvgIpc) is 2.71. The molecule has 0 aliphatic heterocycles. The fourth-order valence-corrected chi connectivity index (χ4v) is 3.28. The molecule has 0 radical (unpaired) electrons. The number of carbonyl (C=O) groups excluding carboxylic acids is 1. The van der Waals surface area contributed by atoms with Gasteiger partial charge in [0.05, 0.1) is 12.2 Å². The minimum Gasteiger partial charge on any atom is -0.326 e. The molecule has 0 aliphatic rings. The highest BCUT2D eigenvalue weighted by Crippen LogP contribution is 2.18. The largest absolute Gasteiger partial charge is 0.352 e. The molecular formula is C22H18N4O3. The van der Waals surface area contributed by atoms with Crippen molar-refractivity contribution in [2.24, 2.45) is 0 Å². The highest BCUT2D eigenvalue weighted by atomic mass is 16.2. The maximum atomic E-state index is 13.0. The molecular weight excluding hydrogens is 368 g/mol. The van der Waals surface area contributed by atoms with Crippen molar-refractivity contribution < 1.29 is 4.79 Å². The first-order valence-electron chi connectivity index (χ1n) is 9.07. The molecule has 1 N–H and O–H groups in total. The molecule has 1 heterocycles. The Morgan fingerprint density at radius 3 is 2.59 bits per heavy atom. The third-order valence-electron chi connectivity index (χ3n) is 4.58. The molecule has 1 aromatic heterocycles. The lowest BCUT2D eigenvalue weighted by Gasteiger charge is -2.11. The average molecular weight is 386 g/mol. The van der Waals surface area contributed by atoms with E-state index in [1.807, 2.05) is 42.5 Å². The Labute approximate surface area is 165 Å². The summed E-state index contributed by atoms with van der Waals surface area (Å²) < 4.78 is 2.30. The van der Waals surface area contributed by atoms with Crippen molar-refractivity contribution in [1.82, 2.24) is 14.3 Å². The van der Waals surface area contributed by atoms with Crippen LogP contribution in [0.5, 0.6) is 0 Å². The van der Waals surface area contributed by atoms with E-state index in [2.05, 4.69) is 10.4 Å². The molecule has 7 heteroatoms. The third kappa shape index (κ3) is 3.70. The molecule has 0 saturated carbocycles. The first-order chi connectivity index (χ1) is 14.0. The quantitative estimate of drug-likeness (QED) is 0.584. The van der Waals surface area contributed by atoms with Crippen LogP contribution in [-0.4, -0.2) is 20.3 Å². The number of rotatable bonds is 4. The lowest BCUT2D eigenvalue weighted by molar-refractivity contribution is -0.114. The monoisotopic (exact) mass is 386 g/mol. The summed E-state index contributed by atoms with van der Waals surface area (Å²) in [7, 11) is 0. The van der Waals surface area contributed by atoms with Crippen LogP contribution in [0.15, 0.2) is 82.5 Å². The molecule has 0 unspecified atom stereocenters. The van der Waals surface area contributed by atoms with E-state index in [0.29, 0.717) is 11.4 Å². The molecule has 0 aliphatic carbocycles. The summed E-state index contributed by atoms with van der Waals surface area (Å²) in [6.45, 7) is 1.54. The van der Waals surface area contributed by atoms with Crippen molar-refractivity contribution in [2.75, 3.05) is 5.32 Å². The molecule has 4 aromatic rings. The Morgan fingerprint density at radius 2 is 1.76 bits per heavy atom. The van der Waals surface area contributed by atoms with Crippen molar-refractivity contribution in [3.05, 3.63) is 99.3 Å². The van der Waals surface area contributed by atoms with Crippen LogP contribution in [-0.2, 0) is 11.3 Å². The highest BCUT2D eigenvalue weighted by Gasteiger charge is 2.11. The van der Waals surface area contributed by atoms with Crippen molar-refractivity contribution >= 4 is 22.4 Å². The third-order valence-corrected chi connectivity index (χ3v) is 4.58. The van der Waals surface area contributed by atoms with Gasteiger partial charge in [0.2, 0.25) is 5.91 Å². The van der Waals surface area contributed by atoms with Crippen LogP contribution in [0.2, 0.25) is 0 Å². The first kappa shape index (κ1) is 18.4. The van der Waals surface area contributed by atoms with Gasteiger partial charge in [-0.15, -0.1) is 0 Å². The van der Waals surface area contributed by atoms with E-state index in [-0.39, 0.29) is 12.5 Å². The van der Waals surface area contributed by atoms with E-state index in [0.717, 1.165) is 31.8 Å². The summed E-state index contributed by atoms with van der Waals surface area (Å²) in [6, 6.07) is 20.3. The van der Waals surface area contributed by atoms with Crippen LogP contribution in [0.3, 0.4) is 0 Å². The molecule has 4 rings (SSSR count). The zero-order valence-electron chi connectivity index (χ0n) is 15.7. The SMILES string of the molecule is CC(=O)Nc1cccc(-n2ncc(=O)n(Cc3cccc4ccccc34)c2=O)c1. The number of aromatic nitrogens is 3. The number of fused-ring (bicyclic) bond motifs is 1. The van der Waals surface area contributed by atoms with E-state index in [9.17, 15) is 14.4 Å². The molecule has 7 nitrogen and oxygen atoms in total. The van der Waals surface area contributed by atoms with Gasteiger partial charge in [-0.2, -0.15) is 9.78 Å². The Balaban J connectivity index is 1.80. The minimum atomic E-state index is -0.551. The Bertz CT molecular complexity index is 1330. The highest BCUT2D eigenvalue weighted by molar-refractivity contribution is 5.89. The molecule has 0 spiro atoms. The van der Waals surface area contributed by atoms with Gasteiger partial charge in [-0.3, -0.25) is 14.2 Å². The second kappa shape index (κ2) is 7.55. The zero-order chi connectivity index (χ0) is 20.4. The fraction of sp³-hybridized carbons (Fsp3) is 0.0909. The number of anilines is 1. The molecule has 0 atom stereocenters. The normalized spacial score (nSPS) is 10.8. The predicted molar refractivity (Wildman–Crippen MR) is 111 cm³/mol. The van der Waals surface area contributed by atoms with Crippen molar-refractivity contribution in [3.8, 4) is 5.69 Å². The number of benzene rings is 3. The Morgan fingerprint density at radius 1 is 1.00 bits per heavy atom. The van der Waals surface area contributed by atoms with Gasteiger partial charge in [-0.1, -0.05) is 48.5 Å². The fourth-order valence-electron chi connectivity index (χ4n) is 3.28. The van der Waals surface area contributed by atoms with Gasteiger partial charge in [0.25, 0.3) is 5.56 Å². The van der Waals surface area contributed by atoms with Crippen LogP contribution in [0, 0.1) is 0 Å². The van der Waals surface area contributed by atoms with Crippen molar-refractivity contribution in [1.29, 1.82) is 0 Å². The lowest BCUT2D eigenvalue weighted by atomic mass is 10.0. The van der Waals surface area contributed by atoms with E-state index in [4.69, 9.17) is 0 Å². The first-order valence-corrected chi connectivity index (χ1v) is 9.07. The lowest BCUT2D eigenvalue weighted by Crippen LogP contribution is -2.40. The van der Waals surface area contributed by atoms with Gasteiger partial charge < -0.3 is 5.32 Å². The Hall–Kier alpha value is -4.00. The van der Waals surface area contributed by atoms with Crippen LogP contribution >= 0.6 is 0 Å². The standard InChI is InChI=1S/C22H18N4O3/c1-15(27)24-18-9-5-10-19(12-18)26-22(29)25(21(28)13-23-26)14-17-8-4-7-16-6-2-3-11-20(16)17/h2-13H,14H2,1H3,(H,24,27). The summed E-state index contributed by atoms with van der Waals surface area (Å²) in [5.41, 5.74) is 0.832. The number of hydrogen-bond acceptors (Lipinski definition) is 4. The second-order valence-electron chi connectivity index (χ2n) is 6.63. The van der Waals surface area contributed by atoms with E-state index in [1.165, 1.54) is 6.92 Å². The Kier molecular flexibility index (Phi) is 4.78. The maximum absolute atomic E-state index is 13.0. The van der Waals surface area contributed by atoms with Crippen molar-refractivity contribution in [3.63, 3.8) is 0 Å². The van der Waals surface area contributed by atoms with Crippen LogP contribution in [0.25, 0.3) is 16.5 Å². The summed E-state index contributed by atoms with van der Waals surface area (Å²) >= 11 is 0. The van der Waals surface area contributed by atoms with E-state index >= 15 is 0 Å². The number of nitrogens with zero attached hydrogens (tertiary/aromatic N) is 3. The zero-order valence-corrected chi connectivity index (χ0v) is 15.7. The number of nitrogens with one attached hydrogen (secondary N) is 1. The maximum Gasteiger partial charge on any atom is 0.352 e. The molecule has 0 fully saturated rings. The topological polar surface area (TPSA) is 86.0 Å².